The Morgan fingerprint density at radius 3 is 2.58 bits per heavy atom. The van der Waals surface area contributed by atoms with Crippen molar-refractivity contribution in [1.29, 1.82) is 0 Å². The van der Waals surface area contributed by atoms with E-state index in [0.717, 1.165) is 19.6 Å². The van der Waals surface area contributed by atoms with Gasteiger partial charge in [0.15, 0.2) is 0 Å². The highest BCUT2D eigenvalue weighted by atomic mass is 35.5. The smallest absolute Gasteiger partial charge is 0.231 e. The minimum atomic E-state index is 0.277. The molecular weight excluding hydrogens is 262 g/mol. The summed E-state index contributed by atoms with van der Waals surface area (Å²) < 4.78 is 0. The second kappa shape index (κ2) is 5.12. The van der Waals surface area contributed by atoms with Crippen LogP contribution in [-0.4, -0.2) is 34.6 Å². The lowest BCUT2D eigenvalue weighted by Gasteiger charge is -2.26. The van der Waals surface area contributed by atoms with Crippen molar-refractivity contribution in [3.05, 3.63) is 5.28 Å². The van der Waals surface area contributed by atoms with E-state index in [-0.39, 0.29) is 5.28 Å². The summed E-state index contributed by atoms with van der Waals surface area (Å²) in [5, 5.41) is 3.57. The zero-order valence-corrected chi connectivity index (χ0v) is 12.1. The number of piperidine rings is 1. The molecule has 2 heterocycles. The minimum absolute atomic E-state index is 0.277. The molecule has 0 unspecified atom stereocenters. The molecule has 1 aromatic rings. The number of anilines is 2. The molecule has 0 aromatic carbocycles. The Balaban J connectivity index is 1.71. The number of rotatable bonds is 4. The van der Waals surface area contributed by atoms with Crippen molar-refractivity contribution < 1.29 is 0 Å². The minimum Gasteiger partial charge on any atom is -0.353 e. The van der Waals surface area contributed by atoms with Crippen LogP contribution >= 0.6 is 11.6 Å². The molecule has 0 bridgehead atoms. The van der Waals surface area contributed by atoms with Gasteiger partial charge in [-0.3, -0.25) is 0 Å². The van der Waals surface area contributed by atoms with Gasteiger partial charge in [-0.2, -0.15) is 15.0 Å². The molecule has 0 atom stereocenters. The molecule has 2 fully saturated rings. The highest BCUT2D eigenvalue weighted by molar-refractivity contribution is 6.28. The molecule has 1 N–H and O–H groups in total. The molecule has 2 aliphatic rings. The molecule has 1 aromatic heterocycles. The lowest BCUT2D eigenvalue weighted by Crippen LogP contribution is -2.31. The Kier molecular flexibility index (Phi) is 3.48. The summed E-state index contributed by atoms with van der Waals surface area (Å²) in [6.45, 7) is 5.20. The van der Waals surface area contributed by atoms with Gasteiger partial charge in [-0.1, -0.05) is 6.92 Å². The van der Waals surface area contributed by atoms with Crippen LogP contribution in [0.2, 0.25) is 5.28 Å². The molecule has 1 aliphatic carbocycles. The van der Waals surface area contributed by atoms with E-state index in [0.29, 0.717) is 17.3 Å². The molecule has 1 saturated heterocycles. The molecule has 3 rings (SSSR count). The van der Waals surface area contributed by atoms with Crippen LogP contribution in [0.15, 0.2) is 0 Å². The fraction of sp³-hybridized carbons (Fsp3) is 0.769. The SMILES string of the molecule is CC1(CNc2nc(Cl)nc(N3CCCCC3)n2)CC1. The summed E-state index contributed by atoms with van der Waals surface area (Å²) in [5.74, 6) is 1.32. The van der Waals surface area contributed by atoms with Crippen molar-refractivity contribution >= 4 is 23.5 Å². The predicted octanol–water partition coefficient (Wildman–Crippen LogP) is 2.73. The van der Waals surface area contributed by atoms with E-state index in [4.69, 9.17) is 11.6 Å². The van der Waals surface area contributed by atoms with Crippen molar-refractivity contribution in [3.63, 3.8) is 0 Å². The van der Waals surface area contributed by atoms with E-state index < -0.39 is 0 Å². The number of hydrogen-bond acceptors (Lipinski definition) is 5. The number of hydrogen-bond donors (Lipinski definition) is 1. The largest absolute Gasteiger partial charge is 0.353 e. The Morgan fingerprint density at radius 1 is 1.16 bits per heavy atom. The van der Waals surface area contributed by atoms with Gasteiger partial charge < -0.3 is 10.2 Å². The van der Waals surface area contributed by atoms with Gasteiger partial charge in [-0.25, -0.2) is 0 Å². The van der Waals surface area contributed by atoms with Crippen molar-refractivity contribution in [2.45, 2.75) is 39.0 Å². The highest BCUT2D eigenvalue weighted by Gasteiger charge is 2.37. The Labute approximate surface area is 118 Å². The van der Waals surface area contributed by atoms with Crippen molar-refractivity contribution in [2.75, 3.05) is 29.9 Å². The summed E-state index contributed by atoms with van der Waals surface area (Å²) >= 11 is 6.01. The van der Waals surface area contributed by atoms with E-state index in [1.807, 2.05) is 0 Å². The number of nitrogens with one attached hydrogen (secondary N) is 1. The molecular formula is C13H20ClN5. The Morgan fingerprint density at radius 2 is 1.89 bits per heavy atom. The third-order valence-electron chi connectivity index (χ3n) is 4.01. The molecule has 0 amide bonds. The van der Waals surface area contributed by atoms with E-state index in [2.05, 4.69) is 32.1 Å². The average Bonchev–Trinajstić information content (AvgIpc) is 3.16. The number of nitrogens with zero attached hydrogens (tertiary/aromatic N) is 4. The quantitative estimate of drug-likeness (QED) is 0.920. The maximum absolute atomic E-state index is 6.01. The molecule has 0 radical (unpaired) electrons. The van der Waals surface area contributed by atoms with Crippen molar-refractivity contribution in [3.8, 4) is 0 Å². The Hall–Kier alpha value is -1.10. The van der Waals surface area contributed by atoms with Gasteiger partial charge in [0.1, 0.15) is 0 Å². The zero-order valence-electron chi connectivity index (χ0n) is 11.3. The van der Waals surface area contributed by atoms with Gasteiger partial charge in [0.2, 0.25) is 17.2 Å². The molecule has 1 saturated carbocycles. The van der Waals surface area contributed by atoms with Gasteiger partial charge in [0.05, 0.1) is 0 Å². The van der Waals surface area contributed by atoms with Gasteiger partial charge in [0.25, 0.3) is 0 Å². The zero-order chi connectivity index (χ0) is 13.3. The van der Waals surface area contributed by atoms with Gasteiger partial charge >= 0.3 is 0 Å². The van der Waals surface area contributed by atoms with Gasteiger partial charge in [0, 0.05) is 19.6 Å². The first kappa shape index (κ1) is 12.9. The molecule has 5 nitrogen and oxygen atoms in total. The van der Waals surface area contributed by atoms with E-state index in [1.54, 1.807) is 0 Å². The topological polar surface area (TPSA) is 53.9 Å². The summed E-state index contributed by atoms with van der Waals surface area (Å²) in [6.07, 6.45) is 6.24. The molecule has 19 heavy (non-hydrogen) atoms. The predicted molar refractivity (Wildman–Crippen MR) is 76.7 cm³/mol. The van der Waals surface area contributed by atoms with Gasteiger partial charge in [-0.15, -0.1) is 0 Å². The van der Waals surface area contributed by atoms with Crippen LogP contribution in [0, 0.1) is 5.41 Å². The summed E-state index contributed by atoms with van der Waals surface area (Å²) in [4.78, 5) is 15.1. The van der Waals surface area contributed by atoms with Crippen LogP contribution in [0.1, 0.15) is 39.0 Å². The lowest BCUT2D eigenvalue weighted by atomic mass is 10.1. The second-order valence-corrected chi connectivity index (χ2v) is 6.28. The first-order valence-electron chi connectivity index (χ1n) is 7.05. The maximum Gasteiger partial charge on any atom is 0.231 e. The first-order chi connectivity index (χ1) is 9.15. The highest BCUT2D eigenvalue weighted by Crippen LogP contribution is 2.44. The monoisotopic (exact) mass is 281 g/mol. The molecule has 1 aliphatic heterocycles. The molecule has 6 heteroatoms. The fourth-order valence-electron chi connectivity index (χ4n) is 2.34. The van der Waals surface area contributed by atoms with Crippen LogP contribution < -0.4 is 10.2 Å². The van der Waals surface area contributed by atoms with Crippen LogP contribution in [0.3, 0.4) is 0 Å². The number of halogens is 1. The van der Waals surface area contributed by atoms with Crippen LogP contribution in [-0.2, 0) is 0 Å². The molecule has 0 spiro atoms. The van der Waals surface area contributed by atoms with Gasteiger partial charge in [-0.05, 0) is 49.1 Å². The van der Waals surface area contributed by atoms with Crippen LogP contribution in [0.25, 0.3) is 0 Å². The lowest BCUT2D eigenvalue weighted by molar-refractivity contribution is 0.566. The van der Waals surface area contributed by atoms with E-state index in [1.165, 1.54) is 32.1 Å². The summed E-state index contributed by atoms with van der Waals surface area (Å²) in [7, 11) is 0. The standard InChI is InChI=1S/C13H20ClN5/c1-13(5-6-13)9-15-11-16-10(14)17-12(18-11)19-7-3-2-4-8-19/h2-9H2,1H3,(H,15,16,17,18). The normalized spacial score (nSPS) is 21.3. The van der Waals surface area contributed by atoms with Crippen molar-refractivity contribution in [2.24, 2.45) is 5.41 Å². The van der Waals surface area contributed by atoms with Crippen molar-refractivity contribution in [1.82, 2.24) is 15.0 Å². The second-order valence-electron chi connectivity index (χ2n) is 5.94. The van der Waals surface area contributed by atoms with E-state index >= 15 is 0 Å². The first-order valence-corrected chi connectivity index (χ1v) is 7.43. The number of aromatic nitrogens is 3. The van der Waals surface area contributed by atoms with E-state index in [9.17, 15) is 0 Å². The van der Waals surface area contributed by atoms with Crippen LogP contribution in [0.4, 0.5) is 11.9 Å². The molecule has 104 valence electrons. The third-order valence-corrected chi connectivity index (χ3v) is 4.18. The maximum atomic E-state index is 6.01. The Bertz CT molecular complexity index is 454. The third kappa shape index (κ3) is 3.26. The fourth-order valence-corrected chi connectivity index (χ4v) is 2.49. The van der Waals surface area contributed by atoms with Crippen LogP contribution in [0.5, 0.6) is 0 Å². The average molecular weight is 282 g/mol. The summed E-state index contributed by atoms with van der Waals surface area (Å²) in [6, 6.07) is 0. The summed E-state index contributed by atoms with van der Waals surface area (Å²) in [5.41, 5.74) is 0.421.